The van der Waals surface area contributed by atoms with Gasteiger partial charge in [-0.05, 0) is 48.9 Å². The van der Waals surface area contributed by atoms with Crippen LogP contribution in [0.1, 0.15) is 37.0 Å². The number of carbonyl (C=O) groups excluding carboxylic acids is 1. The summed E-state index contributed by atoms with van der Waals surface area (Å²) in [7, 11) is 1.65. The zero-order chi connectivity index (χ0) is 13.1. The Morgan fingerprint density at radius 3 is 2.33 bits per heavy atom. The minimum absolute atomic E-state index is 0.0370. The lowest BCUT2D eigenvalue weighted by Crippen LogP contribution is -2.37. The maximum Gasteiger partial charge on any atom is 0.251 e. The van der Waals surface area contributed by atoms with Gasteiger partial charge in [-0.15, -0.1) is 0 Å². The number of hydrogen-bond donors (Lipinski definition) is 2. The zero-order valence-corrected chi connectivity index (χ0v) is 11.4. The molecule has 0 atom stereocenters. The topological polar surface area (TPSA) is 41.1 Å². The highest BCUT2D eigenvalue weighted by Crippen LogP contribution is 2.35. The molecule has 18 heavy (non-hydrogen) atoms. The van der Waals surface area contributed by atoms with E-state index in [9.17, 15) is 4.79 Å². The van der Waals surface area contributed by atoms with Crippen LogP contribution in [0.15, 0.2) is 24.3 Å². The lowest BCUT2D eigenvalue weighted by Gasteiger charge is -2.39. The molecule has 0 aliphatic heterocycles. The molecule has 98 valence electrons. The molecule has 1 aliphatic carbocycles. The third kappa shape index (κ3) is 2.84. The van der Waals surface area contributed by atoms with E-state index >= 15 is 0 Å². The molecular formula is C15H22N2O. The highest BCUT2D eigenvalue weighted by atomic mass is 16.1. The van der Waals surface area contributed by atoms with Crippen molar-refractivity contribution < 1.29 is 4.79 Å². The van der Waals surface area contributed by atoms with E-state index in [1.54, 1.807) is 7.05 Å². The summed E-state index contributed by atoms with van der Waals surface area (Å²) >= 11 is 0. The Kier molecular flexibility index (Phi) is 3.90. The fourth-order valence-corrected chi connectivity index (χ4v) is 2.42. The first kappa shape index (κ1) is 12.9. The van der Waals surface area contributed by atoms with Gasteiger partial charge in [-0.25, -0.2) is 0 Å². The van der Waals surface area contributed by atoms with Gasteiger partial charge in [0.25, 0.3) is 5.91 Å². The Hall–Kier alpha value is -1.51. The predicted octanol–water partition coefficient (Wildman–Crippen LogP) is 2.89. The third-order valence-corrected chi connectivity index (χ3v) is 3.86. The highest BCUT2D eigenvalue weighted by molar-refractivity contribution is 5.94. The smallest absolute Gasteiger partial charge is 0.251 e. The first-order valence-corrected chi connectivity index (χ1v) is 6.69. The van der Waals surface area contributed by atoms with E-state index in [-0.39, 0.29) is 5.91 Å². The molecular weight excluding hydrogens is 224 g/mol. The normalized spacial score (nSPS) is 22.4. The van der Waals surface area contributed by atoms with Crippen molar-refractivity contribution in [2.75, 3.05) is 12.4 Å². The van der Waals surface area contributed by atoms with Crippen LogP contribution in [-0.4, -0.2) is 19.0 Å². The van der Waals surface area contributed by atoms with Gasteiger partial charge in [0.05, 0.1) is 0 Å². The average molecular weight is 246 g/mol. The lowest BCUT2D eigenvalue weighted by atomic mass is 9.73. The fraction of sp³-hybridized carbons (Fsp3) is 0.533. The SMILES string of the molecule is CNC(=O)c1ccc(NC2CC(C(C)C)C2)cc1. The number of anilines is 1. The first-order valence-electron chi connectivity index (χ1n) is 6.69. The molecule has 3 nitrogen and oxygen atoms in total. The molecule has 0 spiro atoms. The molecule has 1 aliphatic rings. The van der Waals surface area contributed by atoms with Gasteiger partial charge in [-0.3, -0.25) is 4.79 Å². The third-order valence-electron chi connectivity index (χ3n) is 3.86. The van der Waals surface area contributed by atoms with Gasteiger partial charge in [0.2, 0.25) is 0 Å². The van der Waals surface area contributed by atoms with Gasteiger partial charge in [0, 0.05) is 24.3 Å². The van der Waals surface area contributed by atoms with Crippen LogP contribution >= 0.6 is 0 Å². The summed E-state index contributed by atoms with van der Waals surface area (Å²) in [5, 5.41) is 6.14. The fourth-order valence-electron chi connectivity index (χ4n) is 2.42. The van der Waals surface area contributed by atoms with Crippen molar-refractivity contribution in [1.29, 1.82) is 0 Å². The van der Waals surface area contributed by atoms with Crippen LogP contribution < -0.4 is 10.6 Å². The van der Waals surface area contributed by atoms with Crippen molar-refractivity contribution in [3.63, 3.8) is 0 Å². The van der Waals surface area contributed by atoms with Crippen LogP contribution in [-0.2, 0) is 0 Å². The highest BCUT2D eigenvalue weighted by Gasteiger charge is 2.30. The second kappa shape index (κ2) is 5.42. The van der Waals surface area contributed by atoms with Crippen molar-refractivity contribution in [2.45, 2.75) is 32.7 Å². The number of benzene rings is 1. The van der Waals surface area contributed by atoms with Gasteiger partial charge < -0.3 is 10.6 Å². The minimum Gasteiger partial charge on any atom is -0.382 e. The van der Waals surface area contributed by atoms with Crippen LogP contribution in [0.4, 0.5) is 5.69 Å². The summed E-state index contributed by atoms with van der Waals surface area (Å²) < 4.78 is 0. The molecule has 1 fully saturated rings. The molecule has 3 heteroatoms. The number of hydrogen-bond acceptors (Lipinski definition) is 2. The number of nitrogens with one attached hydrogen (secondary N) is 2. The molecule has 2 N–H and O–H groups in total. The Labute approximate surface area is 109 Å². The average Bonchev–Trinajstić information content (AvgIpc) is 2.32. The van der Waals surface area contributed by atoms with Crippen LogP contribution in [0.5, 0.6) is 0 Å². The van der Waals surface area contributed by atoms with Crippen LogP contribution in [0, 0.1) is 11.8 Å². The number of carbonyl (C=O) groups is 1. The van der Waals surface area contributed by atoms with E-state index in [0.29, 0.717) is 11.6 Å². The van der Waals surface area contributed by atoms with Crippen molar-refractivity contribution in [2.24, 2.45) is 11.8 Å². The van der Waals surface area contributed by atoms with E-state index in [0.717, 1.165) is 17.5 Å². The molecule has 0 aromatic heterocycles. The monoisotopic (exact) mass is 246 g/mol. The van der Waals surface area contributed by atoms with Gasteiger partial charge in [0.15, 0.2) is 0 Å². The summed E-state index contributed by atoms with van der Waals surface area (Å²) in [5.41, 5.74) is 1.81. The van der Waals surface area contributed by atoms with E-state index in [1.807, 2.05) is 24.3 Å². The van der Waals surface area contributed by atoms with Gasteiger partial charge in [0.1, 0.15) is 0 Å². The standard InChI is InChI=1S/C15H22N2O/c1-10(2)12-8-14(9-12)17-13-6-4-11(5-7-13)15(18)16-3/h4-7,10,12,14,17H,8-9H2,1-3H3,(H,16,18). The predicted molar refractivity (Wildman–Crippen MR) is 74.8 cm³/mol. The van der Waals surface area contributed by atoms with Gasteiger partial charge >= 0.3 is 0 Å². The van der Waals surface area contributed by atoms with Crippen LogP contribution in [0.2, 0.25) is 0 Å². The second-order valence-electron chi connectivity index (χ2n) is 5.47. The summed E-state index contributed by atoms with van der Waals surface area (Å²) in [5.74, 6) is 1.62. The maximum absolute atomic E-state index is 11.4. The van der Waals surface area contributed by atoms with Crippen LogP contribution in [0.3, 0.4) is 0 Å². The van der Waals surface area contributed by atoms with E-state index in [2.05, 4.69) is 24.5 Å². The summed E-state index contributed by atoms with van der Waals surface area (Å²) in [6, 6.07) is 8.28. The maximum atomic E-state index is 11.4. The van der Waals surface area contributed by atoms with Crippen LogP contribution in [0.25, 0.3) is 0 Å². The summed E-state index contributed by atoms with van der Waals surface area (Å²) in [6.45, 7) is 4.58. The van der Waals surface area contributed by atoms with E-state index < -0.39 is 0 Å². The first-order chi connectivity index (χ1) is 8.60. The van der Waals surface area contributed by atoms with Crippen molar-refractivity contribution >= 4 is 11.6 Å². The number of rotatable bonds is 4. The van der Waals surface area contributed by atoms with Crippen molar-refractivity contribution in [3.05, 3.63) is 29.8 Å². The van der Waals surface area contributed by atoms with E-state index in [4.69, 9.17) is 0 Å². The molecule has 0 radical (unpaired) electrons. The molecule has 0 heterocycles. The largest absolute Gasteiger partial charge is 0.382 e. The molecule has 2 rings (SSSR count). The molecule has 0 saturated heterocycles. The molecule has 0 bridgehead atoms. The quantitative estimate of drug-likeness (QED) is 0.857. The number of amides is 1. The summed E-state index contributed by atoms with van der Waals surface area (Å²) in [6.07, 6.45) is 2.52. The Morgan fingerprint density at radius 1 is 1.22 bits per heavy atom. The van der Waals surface area contributed by atoms with Crippen molar-refractivity contribution in [3.8, 4) is 0 Å². The lowest BCUT2D eigenvalue weighted by molar-refractivity contribution is 0.0963. The molecule has 1 aromatic rings. The van der Waals surface area contributed by atoms with Crippen molar-refractivity contribution in [1.82, 2.24) is 5.32 Å². The second-order valence-corrected chi connectivity index (χ2v) is 5.47. The van der Waals surface area contributed by atoms with Gasteiger partial charge in [-0.2, -0.15) is 0 Å². The zero-order valence-electron chi connectivity index (χ0n) is 11.4. The molecule has 1 amide bonds. The molecule has 1 saturated carbocycles. The Balaban J connectivity index is 1.86. The minimum atomic E-state index is -0.0370. The Morgan fingerprint density at radius 2 is 1.83 bits per heavy atom. The van der Waals surface area contributed by atoms with E-state index in [1.165, 1.54) is 12.8 Å². The Bertz CT molecular complexity index is 405. The summed E-state index contributed by atoms with van der Waals surface area (Å²) in [4.78, 5) is 11.4. The molecule has 0 unspecified atom stereocenters. The molecule has 1 aromatic carbocycles. The van der Waals surface area contributed by atoms with Gasteiger partial charge in [-0.1, -0.05) is 13.8 Å².